The van der Waals surface area contributed by atoms with Gasteiger partial charge in [0.25, 0.3) is 0 Å². The molecule has 3 rings (SSSR count). The Hall–Kier alpha value is -2.14. The lowest BCUT2D eigenvalue weighted by atomic mass is 9.80. The molecule has 2 aromatic carbocycles. The highest BCUT2D eigenvalue weighted by Crippen LogP contribution is 2.45. The predicted molar refractivity (Wildman–Crippen MR) is 87.6 cm³/mol. The van der Waals surface area contributed by atoms with Crippen molar-refractivity contribution in [2.45, 2.75) is 18.9 Å². The summed E-state index contributed by atoms with van der Waals surface area (Å²) in [6.45, 7) is 1.59. The van der Waals surface area contributed by atoms with E-state index in [1.807, 2.05) is 30.3 Å². The number of rotatable bonds is 3. The van der Waals surface area contributed by atoms with Gasteiger partial charge < -0.3 is 9.47 Å². The number of ether oxygens (including phenoxy) is 2. The number of hydrogen-bond donors (Lipinski definition) is 0. The molecule has 0 spiro atoms. The van der Waals surface area contributed by atoms with Gasteiger partial charge in [-0.1, -0.05) is 42.5 Å². The van der Waals surface area contributed by atoms with Crippen molar-refractivity contribution in [3.05, 3.63) is 76.2 Å². The number of carbonyl (C=O) groups excluding carboxylic acids is 1. The van der Waals surface area contributed by atoms with Crippen LogP contribution >= 0.6 is 15.9 Å². The fourth-order valence-corrected chi connectivity index (χ4v) is 2.91. The zero-order chi connectivity index (χ0) is 16.4. The maximum Gasteiger partial charge on any atom is 0.323 e. The number of carbonyl (C=O) groups is 1. The minimum atomic E-state index is -1.52. The molecule has 1 aliphatic rings. The number of halogens is 2. The van der Waals surface area contributed by atoms with Crippen LogP contribution in [0.25, 0.3) is 0 Å². The lowest BCUT2D eigenvalue weighted by Gasteiger charge is -2.31. The quantitative estimate of drug-likeness (QED) is 0.731. The Bertz CT molecular complexity index is 773. The van der Waals surface area contributed by atoms with Crippen LogP contribution in [0.1, 0.15) is 18.1 Å². The highest BCUT2D eigenvalue weighted by Gasteiger charge is 2.46. The third kappa shape index (κ3) is 2.77. The minimum Gasteiger partial charge on any atom is -0.461 e. The summed E-state index contributed by atoms with van der Waals surface area (Å²) in [4.78, 5) is 12.6. The van der Waals surface area contributed by atoms with Crippen LogP contribution in [0.2, 0.25) is 0 Å². The summed E-state index contributed by atoms with van der Waals surface area (Å²) in [5.41, 5.74) is -0.244. The van der Waals surface area contributed by atoms with Crippen molar-refractivity contribution in [2.24, 2.45) is 0 Å². The SMILES string of the molecule is CC1(C(=O)OCc2ccccc2)C(F)=COc2c(Br)cccc21. The third-order valence-corrected chi connectivity index (χ3v) is 4.51. The molecule has 0 saturated carbocycles. The summed E-state index contributed by atoms with van der Waals surface area (Å²) in [6.07, 6.45) is 0.955. The van der Waals surface area contributed by atoms with Crippen molar-refractivity contribution in [1.29, 1.82) is 0 Å². The van der Waals surface area contributed by atoms with Crippen LogP contribution in [0, 0.1) is 0 Å². The van der Waals surface area contributed by atoms with E-state index in [0.29, 0.717) is 15.8 Å². The molecule has 1 heterocycles. The largest absolute Gasteiger partial charge is 0.461 e. The van der Waals surface area contributed by atoms with Crippen molar-refractivity contribution < 1.29 is 18.7 Å². The maximum atomic E-state index is 14.4. The molecule has 0 fully saturated rings. The topological polar surface area (TPSA) is 35.5 Å². The summed E-state index contributed by atoms with van der Waals surface area (Å²) in [6, 6.07) is 14.4. The van der Waals surface area contributed by atoms with Crippen LogP contribution < -0.4 is 4.74 Å². The summed E-state index contributed by atoms with van der Waals surface area (Å²) in [5, 5.41) is 0. The Balaban J connectivity index is 1.90. The monoisotopic (exact) mass is 376 g/mol. The lowest BCUT2D eigenvalue weighted by molar-refractivity contribution is -0.150. The maximum absolute atomic E-state index is 14.4. The Kier molecular flexibility index (Phi) is 4.22. The van der Waals surface area contributed by atoms with E-state index in [9.17, 15) is 9.18 Å². The molecule has 0 radical (unpaired) electrons. The molecule has 5 heteroatoms. The van der Waals surface area contributed by atoms with Gasteiger partial charge in [-0.3, -0.25) is 4.79 Å². The molecule has 118 valence electrons. The van der Waals surface area contributed by atoms with Crippen LogP contribution in [0.15, 0.2) is 65.1 Å². The van der Waals surface area contributed by atoms with Crippen LogP contribution in [0.4, 0.5) is 4.39 Å². The first-order chi connectivity index (χ1) is 11.0. The van der Waals surface area contributed by atoms with Gasteiger partial charge in [0.15, 0.2) is 5.83 Å². The molecule has 0 amide bonds. The lowest BCUT2D eigenvalue weighted by Crippen LogP contribution is -2.37. The molecule has 0 N–H and O–H groups in total. The highest BCUT2D eigenvalue weighted by molar-refractivity contribution is 9.10. The molecule has 0 saturated heterocycles. The smallest absolute Gasteiger partial charge is 0.323 e. The van der Waals surface area contributed by atoms with E-state index >= 15 is 0 Å². The van der Waals surface area contributed by atoms with Crippen molar-refractivity contribution >= 4 is 21.9 Å². The Morgan fingerprint density at radius 3 is 2.70 bits per heavy atom. The third-order valence-electron chi connectivity index (χ3n) is 3.88. The first kappa shape index (κ1) is 15.7. The van der Waals surface area contributed by atoms with E-state index < -0.39 is 17.2 Å². The Morgan fingerprint density at radius 1 is 1.22 bits per heavy atom. The first-order valence-electron chi connectivity index (χ1n) is 7.06. The van der Waals surface area contributed by atoms with Gasteiger partial charge in [-0.05, 0) is 34.5 Å². The molecule has 3 nitrogen and oxygen atoms in total. The van der Waals surface area contributed by atoms with Gasteiger partial charge in [-0.15, -0.1) is 0 Å². The number of hydrogen-bond acceptors (Lipinski definition) is 3. The summed E-state index contributed by atoms with van der Waals surface area (Å²) in [5.74, 6) is -0.910. The summed E-state index contributed by atoms with van der Waals surface area (Å²) >= 11 is 3.35. The van der Waals surface area contributed by atoms with E-state index in [0.717, 1.165) is 11.8 Å². The molecule has 23 heavy (non-hydrogen) atoms. The standard InChI is InChI=1S/C18H14BrFO3/c1-18(17(21)23-10-12-6-3-2-4-7-12)13-8-5-9-14(19)16(13)22-11-15(18)20/h2-9,11H,10H2,1H3. The molecule has 1 atom stereocenters. The minimum absolute atomic E-state index is 0.0900. The Labute approximate surface area is 141 Å². The van der Waals surface area contributed by atoms with Gasteiger partial charge in [0, 0.05) is 5.56 Å². The van der Waals surface area contributed by atoms with E-state index in [4.69, 9.17) is 9.47 Å². The second kappa shape index (κ2) is 6.16. The molecule has 0 bridgehead atoms. The van der Waals surface area contributed by atoms with Crippen LogP contribution in [-0.4, -0.2) is 5.97 Å². The molecule has 2 aromatic rings. The van der Waals surface area contributed by atoms with E-state index in [1.54, 1.807) is 18.2 Å². The molecular weight excluding hydrogens is 363 g/mol. The van der Waals surface area contributed by atoms with E-state index in [1.165, 1.54) is 6.92 Å². The normalized spacial score (nSPS) is 19.3. The average Bonchev–Trinajstić information content (AvgIpc) is 2.57. The number of fused-ring (bicyclic) bond motifs is 1. The van der Waals surface area contributed by atoms with E-state index in [2.05, 4.69) is 15.9 Å². The highest BCUT2D eigenvalue weighted by atomic mass is 79.9. The second-order valence-corrected chi connectivity index (χ2v) is 6.24. The average molecular weight is 377 g/mol. The van der Waals surface area contributed by atoms with Crippen molar-refractivity contribution in [3.63, 3.8) is 0 Å². The number of benzene rings is 2. The van der Waals surface area contributed by atoms with Gasteiger partial charge in [-0.25, -0.2) is 4.39 Å². The zero-order valence-electron chi connectivity index (χ0n) is 12.4. The first-order valence-corrected chi connectivity index (χ1v) is 7.85. The number of esters is 1. The van der Waals surface area contributed by atoms with Gasteiger partial charge in [0.05, 0.1) is 4.47 Å². The van der Waals surface area contributed by atoms with Crippen LogP contribution in [0.3, 0.4) is 0 Å². The predicted octanol–water partition coefficient (Wildman–Crippen LogP) is 4.65. The van der Waals surface area contributed by atoms with Crippen LogP contribution in [0.5, 0.6) is 5.75 Å². The summed E-state index contributed by atoms with van der Waals surface area (Å²) < 4.78 is 25.7. The molecular formula is C18H14BrFO3. The second-order valence-electron chi connectivity index (χ2n) is 5.39. The van der Waals surface area contributed by atoms with Crippen LogP contribution in [-0.2, 0) is 21.6 Å². The van der Waals surface area contributed by atoms with Gasteiger partial charge >= 0.3 is 5.97 Å². The fourth-order valence-electron chi connectivity index (χ4n) is 2.45. The molecule has 1 aliphatic heterocycles. The fraction of sp³-hybridized carbons (Fsp3) is 0.167. The van der Waals surface area contributed by atoms with Gasteiger partial charge in [-0.2, -0.15) is 0 Å². The van der Waals surface area contributed by atoms with Gasteiger partial charge in [0.2, 0.25) is 0 Å². The van der Waals surface area contributed by atoms with Crippen molar-refractivity contribution in [2.75, 3.05) is 0 Å². The molecule has 0 aromatic heterocycles. The van der Waals surface area contributed by atoms with Crippen molar-refractivity contribution in [3.8, 4) is 5.75 Å². The Morgan fingerprint density at radius 2 is 1.96 bits per heavy atom. The molecule has 0 aliphatic carbocycles. The summed E-state index contributed by atoms with van der Waals surface area (Å²) in [7, 11) is 0. The molecule has 1 unspecified atom stereocenters. The number of para-hydroxylation sites is 1. The van der Waals surface area contributed by atoms with Gasteiger partial charge in [0.1, 0.15) is 24.0 Å². The van der Waals surface area contributed by atoms with Crippen molar-refractivity contribution in [1.82, 2.24) is 0 Å². The zero-order valence-corrected chi connectivity index (χ0v) is 14.0. The van der Waals surface area contributed by atoms with E-state index in [-0.39, 0.29) is 6.61 Å².